The summed E-state index contributed by atoms with van der Waals surface area (Å²) in [5.41, 5.74) is 50.5. The molecule has 0 unspecified atom stereocenters. The lowest BCUT2D eigenvalue weighted by atomic mass is 10.0. The molecule has 0 bridgehead atoms. The lowest BCUT2D eigenvalue weighted by Gasteiger charge is -2.32. The Balaban J connectivity index is 2.52. The van der Waals surface area contributed by atoms with E-state index in [9.17, 15) is 63.0 Å². The van der Waals surface area contributed by atoms with E-state index in [2.05, 4.69) is 62.5 Å². The number of hydrogen-bond donors (Lipinski definition) is 19. The number of likely N-dealkylation sites (tertiary alicyclic amines) is 1. The molecule has 0 aliphatic carbocycles. The summed E-state index contributed by atoms with van der Waals surface area (Å²) in [5, 5.41) is 40.5. The smallest absolute Gasteiger partial charge is 0.326 e. The van der Waals surface area contributed by atoms with Gasteiger partial charge in [0.15, 0.2) is 23.8 Å². The van der Waals surface area contributed by atoms with Gasteiger partial charge >= 0.3 is 11.9 Å². The maximum atomic E-state index is 14.8. The van der Waals surface area contributed by atoms with Crippen LogP contribution in [0, 0.1) is 5.92 Å². The van der Waals surface area contributed by atoms with E-state index in [0.717, 1.165) is 0 Å². The zero-order valence-electron chi connectivity index (χ0n) is 53.3. The summed E-state index contributed by atoms with van der Waals surface area (Å²) in [5.74, 6) is -10.9. The van der Waals surface area contributed by atoms with Gasteiger partial charge in [-0.15, -0.1) is 0 Å². The number of carbonyl (C=O) groups excluding carboxylic acids is 9. The average molecular weight is 1330 g/mol. The van der Waals surface area contributed by atoms with Gasteiger partial charge in [-0.05, 0) is 114 Å². The molecule has 2 rings (SSSR count). The molecule has 0 radical (unpaired) electrons. The van der Waals surface area contributed by atoms with E-state index < -0.39 is 138 Å². The molecule has 1 saturated heterocycles. The van der Waals surface area contributed by atoms with Crippen molar-refractivity contribution in [3.63, 3.8) is 0 Å². The maximum Gasteiger partial charge on any atom is 0.326 e. The quantitative estimate of drug-likeness (QED) is 0.0165. The lowest BCUT2D eigenvalue weighted by Crippen LogP contribution is -2.60. The van der Waals surface area contributed by atoms with Crippen molar-refractivity contribution in [3.05, 3.63) is 35.9 Å². The Morgan fingerprint density at radius 1 is 0.527 bits per heavy atom. The standard InChI is InChI=1S/C57H98N22O13S/c1-31(2)29-41(52(90)79-27-12-19-42(79)51(89)75-37(18-11-26-70-57(65)66)48(86)77-40(30-33-13-6-5-7-14-33)50(88)76-39(53(91)92)22-28-93-4)78-49(87)38(20-21-43(80)81)74-47(85)36(17-10-25-69-56(63)64)73-46(84)35(16-9-24-68-55(61)62)72-44(82)32(3)71-45(83)34(58)15-8-23-67-54(59)60/h5-7,13-14,31-32,34-42H,8-12,15-30,58H2,1-4H3,(H,71,83)(H,72,82)(H,73,84)(H,74,85)(H,75,89)(H,76,88)(H,77,86)(H,78,87)(H,80,81)(H,91,92)(H4,59,60,67)(H4,61,62,68)(H4,63,64,69)(H4,65,66,70)/t32-,34-,35-,36-,37-,38-,39-,40-,41-,42-/m0/s1. The molecule has 0 saturated carbocycles. The number of nitrogens with zero attached hydrogens (tertiary/aromatic N) is 5. The number of nitrogens with two attached hydrogens (primary N) is 9. The van der Waals surface area contributed by atoms with Crippen LogP contribution in [0.25, 0.3) is 0 Å². The highest BCUT2D eigenvalue weighted by Crippen LogP contribution is 2.22. The number of carbonyl (C=O) groups is 11. The van der Waals surface area contributed by atoms with Gasteiger partial charge in [-0.25, -0.2) is 4.79 Å². The number of thioether (sulfide) groups is 1. The van der Waals surface area contributed by atoms with Crippen molar-refractivity contribution in [3.8, 4) is 0 Å². The average Bonchev–Trinajstić information content (AvgIpc) is 1.87. The van der Waals surface area contributed by atoms with Crippen molar-refractivity contribution in [2.45, 2.75) is 178 Å². The van der Waals surface area contributed by atoms with Crippen molar-refractivity contribution in [1.82, 2.24) is 47.4 Å². The van der Waals surface area contributed by atoms with Gasteiger partial charge < -0.3 is 109 Å². The second-order valence-corrected chi connectivity index (χ2v) is 23.6. The number of nitrogens with one attached hydrogen (secondary N) is 8. The molecule has 35 nitrogen and oxygen atoms in total. The zero-order valence-corrected chi connectivity index (χ0v) is 54.1. The van der Waals surface area contributed by atoms with E-state index in [1.54, 1.807) is 50.4 Å². The Morgan fingerprint density at radius 2 is 0.946 bits per heavy atom. The van der Waals surface area contributed by atoms with Gasteiger partial charge in [0, 0.05) is 45.6 Å². The number of guanidine groups is 4. The van der Waals surface area contributed by atoms with E-state index >= 15 is 0 Å². The number of hydrogen-bond acceptors (Lipinski definition) is 17. The number of aliphatic carboxylic acids is 2. The fraction of sp³-hybridized carbons (Fsp3) is 0.632. The monoisotopic (exact) mass is 1330 g/mol. The van der Waals surface area contributed by atoms with Crippen LogP contribution in [-0.2, 0) is 59.2 Å². The third kappa shape index (κ3) is 32.1. The summed E-state index contributed by atoms with van der Waals surface area (Å²) in [7, 11) is 0. The topological polar surface area (TPSA) is 611 Å². The van der Waals surface area contributed by atoms with Gasteiger partial charge in [0.25, 0.3) is 0 Å². The molecular weight excluding hydrogens is 1230 g/mol. The predicted molar refractivity (Wildman–Crippen MR) is 351 cm³/mol. The Kier molecular flexibility index (Phi) is 36.7. The molecule has 1 heterocycles. The Morgan fingerprint density at radius 3 is 1.40 bits per heavy atom. The van der Waals surface area contributed by atoms with Crippen LogP contribution >= 0.6 is 11.8 Å². The van der Waals surface area contributed by atoms with Gasteiger partial charge in [-0.1, -0.05) is 44.2 Å². The first kappa shape index (κ1) is 79.9. The van der Waals surface area contributed by atoms with Crippen molar-refractivity contribution in [1.29, 1.82) is 0 Å². The Labute approximate surface area is 544 Å². The second-order valence-electron chi connectivity index (χ2n) is 22.6. The lowest BCUT2D eigenvalue weighted by molar-refractivity contribution is -0.143. The number of carboxylic acids is 2. The third-order valence-electron chi connectivity index (χ3n) is 14.4. The molecule has 9 amide bonds. The normalized spacial score (nSPS) is 15.5. The Bertz CT molecular complexity index is 2760. The van der Waals surface area contributed by atoms with Crippen molar-refractivity contribution >= 4 is 101 Å². The zero-order chi connectivity index (χ0) is 69.7. The van der Waals surface area contributed by atoms with Crippen LogP contribution in [0.3, 0.4) is 0 Å². The van der Waals surface area contributed by atoms with Gasteiger partial charge in [-0.3, -0.25) is 67.9 Å². The summed E-state index contributed by atoms with van der Waals surface area (Å²) in [6, 6.07) is -4.80. The first-order valence-corrected chi connectivity index (χ1v) is 32.0. The highest BCUT2D eigenvalue weighted by Gasteiger charge is 2.41. The maximum absolute atomic E-state index is 14.8. The minimum Gasteiger partial charge on any atom is -0.481 e. The molecule has 0 spiro atoms. The van der Waals surface area contributed by atoms with E-state index in [0.29, 0.717) is 24.2 Å². The van der Waals surface area contributed by atoms with Crippen LogP contribution < -0.4 is 94.1 Å². The van der Waals surface area contributed by atoms with Crippen LogP contribution in [0.4, 0.5) is 0 Å². The minimum absolute atomic E-state index is 0.0113. The van der Waals surface area contributed by atoms with Gasteiger partial charge in [0.1, 0.15) is 54.4 Å². The molecule has 1 aromatic carbocycles. The van der Waals surface area contributed by atoms with E-state index in [1.807, 2.05) is 0 Å². The van der Waals surface area contributed by atoms with Crippen LogP contribution in [0.2, 0.25) is 0 Å². The molecule has 93 heavy (non-hydrogen) atoms. The molecule has 1 aliphatic rings. The molecular formula is C57H98N22O13S. The summed E-state index contributed by atoms with van der Waals surface area (Å²) in [4.78, 5) is 168. The van der Waals surface area contributed by atoms with Crippen molar-refractivity contribution in [2.75, 3.05) is 44.7 Å². The van der Waals surface area contributed by atoms with Crippen LogP contribution in [0.15, 0.2) is 50.3 Å². The van der Waals surface area contributed by atoms with Crippen molar-refractivity contribution in [2.24, 2.45) is 77.5 Å². The fourth-order valence-corrected chi connectivity index (χ4v) is 10.0. The summed E-state index contributed by atoms with van der Waals surface area (Å²) in [6.07, 6.45) is 1.45. The third-order valence-corrected chi connectivity index (χ3v) is 15.0. The van der Waals surface area contributed by atoms with Crippen LogP contribution in [0.1, 0.15) is 116 Å². The van der Waals surface area contributed by atoms with E-state index in [-0.39, 0.29) is 133 Å². The molecule has 28 N–H and O–H groups in total. The van der Waals surface area contributed by atoms with Gasteiger partial charge in [-0.2, -0.15) is 11.8 Å². The number of rotatable bonds is 44. The summed E-state index contributed by atoms with van der Waals surface area (Å²) >= 11 is 1.38. The van der Waals surface area contributed by atoms with Crippen LogP contribution in [-0.4, -0.2) is 209 Å². The van der Waals surface area contributed by atoms with Gasteiger partial charge in [0.2, 0.25) is 53.2 Å². The SMILES string of the molecule is CSCC[C@H](NC(=O)[C@H](Cc1ccccc1)NC(=O)[C@H](CCCN=C(N)N)NC(=O)[C@@H]1CCCN1C(=O)[C@H](CC(C)C)NC(=O)[C@H](CCC(=O)O)NC(=O)[C@H](CCCN=C(N)N)NC(=O)[C@H](CCCN=C(N)N)NC(=O)[C@H](C)NC(=O)[C@@H](N)CCCN=C(N)N)C(=O)O. The van der Waals surface area contributed by atoms with E-state index in [1.165, 1.54) is 23.6 Å². The summed E-state index contributed by atoms with van der Waals surface area (Å²) < 4.78 is 0. The number of benzene rings is 1. The predicted octanol–water partition coefficient (Wildman–Crippen LogP) is -5.59. The van der Waals surface area contributed by atoms with Gasteiger partial charge in [0.05, 0.1) is 6.04 Å². The molecule has 10 atom stereocenters. The molecule has 1 fully saturated rings. The first-order chi connectivity index (χ1) is 43.9. The molecule has 36 heteroatoms. The van der Waals surface area contributed by atoms with E-state index in [4.69, 9.17) is 51.6 Å². The molecule has 1 aliphatic heterocycles. The fourth-order valence-electron chi connectivity index (χ4n) is 9.56. The highest BCUT2D eigenvalue weighted by atomic mass is 32.2. The second kappa shape index (κ2) is 42.8. The minimum atomic E-state index is -1.67. The summed E-state index contributed by atoms with van der Waals surface area (Å²) in [6.45, 7) is 5.09. The first-order valence-electron chi connectivity index (χ1n) is 30.6. The van der Waals surface area contributed by atoms with Crippen molar-refractivity contribution < 1.29 is 63.0 Å². The largest absolute Gasteiger partial charge is 0.481 e. The molecule has 1 aromatic rings. The Hall–Kier alpha value is -9.22. The number of aliphatic imine (C=N–C) groups is 4. The number of amides is 9. The molecule has 0 aromatic heterocycles. The highest BCUT2D eigenvalue weighted by molar-refractivity contribution is 7.98. The number of carboxylic acid groups (broad SMARTS) is 2. The molecule has 520 valence electrons. The van der Waals surface area contributed by atoms with Crippen LogP contribution in [0.5, 0.6) is 0 Å².